The molecule has 0 radical (unpaired) electrons. The Balaban J connectivity index is 1.28. The smallest absolute Gasteiger partial charge is 0.136 e. The van der Waals surface area contributed by atoms with Crippen LogP contribution in [0, 0.1) is 0 Å². The maximum atomic E-state index is 6.30. The highest BCUT2D eigenvalue weighted by atomic mass is 32.1. The summed E-state index contributed by atoms with van der Waals surface area (Å²) in [5.41, 5.74) is 10.8. The van der Waals surface area contributed by atoms with Gasteiger partial charge in [-0.15, -0.1) is 11.3 Å². The van der Waals surface area contributed by atoms with Gasteiger partial charge in [-0.3, -0.25) is 0 Å². The molecule has 0 N–H and O–H groups in total. The van der Waals surface area contributed by atoms with Crippen molar-refractivity contribution in [1.82, 2.24) is 0 Å². The van der Waals surface area contributed by atoms with Crippen molar-refractivity contribution in [1.29, 1.82) is 0 Å². The quantitative estimate of drug-likeness (QED) is 0.167. The molecule has 0 saturated carbocycles. The Morgan fingerprint density at radius 2 is 0.942 bits per heavy atom. The maximum absolute atomic E-state index is 6.30. The molecule has 3 nitrogen and oxygen atoms in total. The standard InChI is InChI=1S/C48H32N2OS/c1-5-16-34(17-6-1)49(35-18-7-2-8-19-35)38-31-42-41-30-33(39-25-15-27-45-47(39)40-24-13-14-26-44(40)51-45)28-29-46(41)52-48(42)43(32-38)50(36-20-9-3-10-21-36)37-22-11-4-12-23-37/h1-32H. The molecule has 10 aromatic rings. The van der Waals surface area contributed by atoms with Crippen LogP contribution in [0.5, 0.6) is 0 Å². The summed E-state index contributed by atoms with van der Waals surface area (Å²) in [5.74, 6) is 0. The van der Waals surface area contributed by atoms with Crippen LogP contribution in [0.25, 0.3) is 53.2 Å². The molecule has 0 saturated heterocycles. The Morgan fingerprint density at radius 3 is 1.58 bits per heavy atom. The zero-order valence-electron chi connectivity index (χ0n) is 28.2. The lowest BCUT2D eigenvalue weighted by atomic mass is 9.97. The Hall–Kier alpha value is -6.62. The second-order valence-electron chi connectivity index (χ2n) is 12.9. The first-order valence-corrected chi connectivity index (χ1v) is 18.3. The van der Waals surface area contributed by atoms with E-state index in [1.807, 2.05) is 23.5 Å². The van der Waals surface area contributed by atoms with Crippen LogP contribution in [0.2, 0.25) is 0 Å². The average Bonchev–Trinajstić information content (AvgIpc) is 3.78. The first kappa shape index (κ1) is 30.2. The van der Waals surface area contributed by atoms with Gasteiger partial charge in [-0.1, -0.05) is 109 Å². The van der Waals surface area contributed by atoms with Crippen LogP contribution in [-0.2, 0) is 0 Å². The van der Waals surface area contributed by atoms with Crippen LogP contribution in [0.15, 0.2) is 199 Å². The fourth-order valence-electron chi connectivity index (χ4n) is 7.51. The van der Waals surface area contributed by atoms with Gasteiger partial charge in [-0.2, -0.15) is 0 Å². The molecule has 0 aliphatic carbocycles. The minimum atomic E-state index is 0.904. The molecule has 0 spiro atoms. The predicted molar refractivity (Wildman–Crippen MR) is 221 cm³/mol. The second kappa shape index (κ2) is 12.6. The molecule has 0 aliphatic heterocycles. The molecule has 0 fully saturated rings. The van der Waals surface area contributed by atoms with Gasteiger partial charge < -0.3 is 14.2 Å². The molecule has 246 valence electrons. The van der Waals surface area contributed by atoms with E-state index in [0.29, 0.717) is 0 Å². The lowest BCUT2D eigenvalue weighted by molar-refractivity contribution is 0.669. The van der Waals surface area contributed by atoms with Gasteiger partial charge in [0.25, 0.3) is 0 Å². The highest BCUT2D eigenvalue weighted by Gasteiger charge is 2.23. The summed E-state index contributed by atoms with van der Waals surface area (Å²) in [6, 6.07) is 69.1. The van der Waals surface area contributed by atoms with Crippen LogP contribution < -0.4 is 9.80 Å². The third kappa shape index (κ3) is 5.12. The minimum absolute atomic E-state index is 0.904. The van der Waals surface area contributed by atoms with Crippen molar-refractivity contribution in [3.05, 3.63) is 194 Å². The highest BCUT2D eigenvalue weighted by molar-refractivity contribution is 7.26. The molecular formula is C48H32N2OS. The molecule has 0 aliphatic rings. The fourth-order valence-corrected chi connectivity index (χ4v) is 8.67. The fraction of sp³-hybridized carbons (Fsp3) is 0. The lowest BCUT2D eigenvalue weighted by Gasteiger charge is -2.30. The second-order valence-corrected chi connectivity index (χ2v) is 14.0. The number of rotatable bonds is 7. The average molecular weight is 685 g/mol. The molecule has 2 heterocycles. The Bertz CT molecular complexity index is 2770. The largest absolute Gasteiger partial charge is 0.456 e. The van der Waals surface area contributed by atoms with Crippen molar-refractivity contribution < 1.29 is 4.42 Å². The number of fused-ring (bicyclic) bond motifs is 6. The van der Waals surface area contributed by atoms with Crippen LogP contribution >= 0.6 is 11.3 Å². The summed E-state index contributed by atoms with van der Waals surface area (Å²) < 4.78 is 8.78. The molecule has 10 rings (SSSR count). The van der Waals surface area contributed by atoms with Crippen molar-refractivity contribution in [2.24, 2.45) is 0 Å². The van der Waals surface area contributed by atoms with E-state index in [2.05, 4.69) is 192 Å². The number of para-hydroxylation sites is 5. The van der Waals surface area contributed by atoms with Gasteiger partial charge in [0.05, 0.1) is 10.4 Å². The van der Waals surface area contributed by atoms with Crippen molar-refractivity contribution >= 4 is 87.6 Å². The number of anilines is 6. The Morgan fingerprint density at radius 1 is 0.385 bits per heavy atom. The third-order valence-corrected chi connectivity index (χ3v) is 11.0. The Labute approximate surface area is 305 Å². The van der Waals surface area contributed by atoms with Crippen molar-refractivity contribution in [2.75, 3.05) is 9.80 Å². The monoisotopic (exact) mass is 684 g/mol. The lowest BCUT2D eigenvalue weighted by Crippen LogP contribution is -2.13. The predicted octanol–water partition coefficient (Wildman–Crippen LogP) is 14.6. The summed E-state index contributed by atoms with van der Waals surface area (Å²) in [6.45, 7) is 0. The van der Waals surface area contributed by atoms with E-state index in [1.54, 1.807) is 0 Å². The minimum Gasteiger partial charge on any atom is -0.456 e. The van der Waals surface area contributed by atoms with E-state index < -0.39 is 0 Å². The van der Waals surface area contributed by atoms with Gasteiger partial charge >= 0.3 is 0 Å². The van der Waals surface area contributed by atoms with Gasteiger partial charge in [0.1, 0.15) is 11.2 Å². The van der Waals surface area contributed by atoms with E-state index in [9.17, 15) is 0 Å². The summed E-state index contributed by atoms with van der Waals surface area (Å²) in [7, 11) is 0. The molecule has 8 aromatic carbocycles. The van der Waals surface area contributed by atoms with Gasteiger partial charge in [-0.25, -0.2) is 0 Å². The number of hydrogen-bond acceptors (Lipinski definition) is 4. The summed E-state index contributed by atoms with van der Waals surface area (Å²) >= 11 is 1.85. The normalized spacial score (nSPS) is 11.5. The molecule has 0 unspecified atom stereocenters. The van der Waals surface area contributed by atoms with Crippen LogP contribution in [0.1, 0.15) is 0 Å². The highest BCUT2D eigenvalue weighted by Crippen LogP contribution is 2.49. The van der Waals surface area contributed by atoms with E-state index in [0.717, 1.165) is 56.1 Å². The zero-order valence-corrected chi connectivity index (χ0v) is 29.0. The number of nitrogens with zero attached hydrogens (tertiary/aromatic N) is 2. The number of benzene rings is 8. The molecule has 0 atom stereocenters. The zero-order chi connectivity index (χ0) is 34.4. The van der Waals surface area contributed by atoms with Crippen LogP contribution in [-0.4, -0.2) is 0 Å². The van der Waals surface area contributed by atoms with Gasteiger partial charge in [-0.05, 0) is 96.1 Å². The van der Waals surface area contributed by atoms with E-state index in [4.69, 9.17) is 4.42 Å². The number of furan rings is 1. The van der Waals surface area contributed by atoms with E-state index >= 15 is 0 Å². The molecular weight excluding hydrogens is 653 g/mol. The summed E-state index contributed by atoms with van der Waals surface area (Å²) in [5, 5.41) is 4.73. The van der Waals surface area contributed by atoms with Gasteiger partial charge in [0, 0.05) is 54.7 Å². The van der Waals surface area contributed by atoms with Crippen LogP contribution in [0.3, 0.4) is 0 Å². The van der Waals surface area contributed by atoms with E-state index in [-0.39, 0.29) is 0 Å². The molecule has 4 heteroatoms. The molecule has 0 bridgehead atoms. The maximum Gasteiger partial charge on any atom is 0.136 e. The van der Waals surface area contributed by atoms with Crippen LogP contribution in [0.4, 0.5) is 34.1 Å². The number of hydrogen-bond donors (Lipinski definition) is 0. The first-order chi connectivity index (χ1) is 25.8. The van der Waals surface area contributed by atoms with Gasteiger partial charge in [0.15, 0.2) is 0 Å². The SMILES string of the molecule is c1ccc(N(c2ccccc2)c2cc(N(c3ccccc3)c3ccccc3)c3sc4ccc(-c5cccc6oc7ccccc7c56)cc4c3c2)cc1. The van der Waals surface area contributed by atoms with E-state index in [1.165, 1.54) is 31.3 Å². The number of thiophene rings is 1. The van der Waals surface area contributed by atoms with Crippen molar-refractivity contribution in [3.63, 3.8) is 0 Å². The van der Waals surface area contributed by atoms with Crippen molar-refractivity contribution in [3.8, 4) is 11.1 Å². The topological polar surface area (TPSA) is 19.6 Å². The summed E-state index contributed by atoms with van der Waals surface area (Å²) in [4.78, 5) is 4.76. The molecule has 0 amide bonds. The third-order valence-electron chi connectivity index (χ3n) is 9.81. The summed E-state index contributed by atoms with van der Waals surface area (Å²) in [6.07, 6.45) is 0. The molecule has 2 aromatic heterocycles. The van der Waals surface area contributed by atoms with Gasteiger partial charge in [0.2, 0.25) is 0 Å². The van der Waals surface area contributed by atoms with Crippen molar-refractivity contribution in [2.45, 2.75) is 0 Å². The first-order valence-electron chi connectivity index (χ1n) is 17.5. The Kier molecular flexibility index (Phi) is 7.33. The molecule has 52 heavy (non-hydrogen) atoms.